The lowest BCUT2D eigenvalue weighted by Gasteiger charge is -2.06. The summed E-state index contributed by atoms with van der Waals surface area (Å²) in [4.78, 5) is 10.8. The van der Waals surface area contributed by atoms with E-state index in [0.29, 0.717) is 18.7 Å². The highest BCUT2D eigenvalue weighted by molar-refractivity contribution is 5.86. The highest BCUT2D eigenvalue weighted by Gasteiger charge is 2.03. The molecule has 0 saturated carbocycles. The summed E-state index contributed by atoms with van der Waals surface area (Å²) in [5.74, 6) is -0.00827. The topological polar surface area (TPSA) is 51.5 Å². The Bertz CT molecular complexity index is 640. The number of nitrogens with zero attached hydrogens (tertiary/aromatic N) is 1. The lowest BCUT2D eigenvalue weighted by Crippen LogP contribution is -2.00. The molecular weight excluding hydrogens is 254 g/mol. The van der Waals surface area contributed by atoms with Crippen LogP contribution in [0.15, 0.2) is 42.1 Å². The molecule has 1 aromatic carbocycles. The van der Waals surface area contributed by atoms with E-state index in [9.17, 15) is 4.79 Å². The molecule has 0 saturated heterocycles. The van der Waals surface area contributed by atoms with E-state index in [1.165, 1.54) is 0 Å². The minimum absolute atomic E-state index is 0.356. The summed E-state index contributed by atoms with van der Waals surface area (Å²) in [6.45, 7) is 4.94. The van der Waals surface area contributed by atoms with Gasteiger partial charge in [0.1, 0.15) is 5.75 Å². The number of hydrogen-bond donors (Lipinski definition) is 1. The van der Waals surface area contributed by atoms with Gasteiger partial charge in [-0.05, 0) is 37.6 Å². The summed E-state index contributed by atoms with van der Waals surface area (Å²) in [7, 11) is 0. The molecule has 2 aromatic rings. The third-order valence-electron chi connectivity index (χ3n) is 3.15. The quantitative estimate of drug-likeness (QED) is 0.820. The van der Waals surface area contributed by atoms with Crippen LogP contribution < -0.4 is 4.74 Å². The fraction of sp³-hybridized carbons (Fsp3) is 0.312. The molecule has 1 heterocycles. The van der Waals surface area contributed by atoms with Crippen molar-refractivity contribution in [3.63, 3.8) is 0 Å². The summed E-state index contributed by atoms with van der Waals surface area (Å²) < 4.78 is 7.62. The number of aliphatic carboxylic acids is 1. The average molecular weight is 273 g/mol. The number of aromatic nitrogens is 1. The molecule has 0 radical (unpaired) electrons. The summed E-state index contributed by atoms with van der Waals surface area (Å²) in [5, 5.41) is 9.95. The van der Waals surface area contributed by atoms with Crippen LogP contribution in [0.2, 0.25) is 0 Å². The molecule has 2 rings (SSSR count). The number of benzene rings is 1. The van der Waals surface area contributed by atoms with Crippen molar-refractivity contribution in [1.82, 2.24) is 4.57 Å². The van der Waals surface area contributed by atoms with E-state index in [-0.39, 0.29) is 0 Å². The van der Waals surface area contributed by atoms with Crippen LogP contribution in [-0.4, -0.2) is 22.2 Å². The number of fused-ring (bicyclic) bond motifs is 1. The number of ether oxygens (including phenoxy) is 1. The van der Waals surface area contributed by atoms with Crippen molar-refractivity contribution in [2.45, 2.75) is 26.8 Å². The van der Waals surface area contributed by atoms with Gasteiger partial charge in [0.2, 0.25) is 0 Å². The molecule has 0 amide bonds. The average Bonchev–Trinajstić information content (AvgIpc) is 2.84. The van der Waals surface area contributed by atoms with Crippen molar-refractivity contribution < 1.29 is 14.6 Å². The molecule has 20 heavy (non-hydrogen) atoms. The molecule has 0 atom stereocenters. The Morgan fingerprint density at radius 2 is 2.20 bits per heavy atom. The van der Waals surface area contributed by atoms with Crippen molar-refractivity contribution in [3.8, 4) is 5.75 Å². The molecular formula is C16H19NO3. The second-order valence-electron chi connectivity index (χ2n) is 4.73. The van der Waals surface area contributed by atoms with Crippen LogP contribution in [0, 0.1) is 0 Å². The Labute approximate surface area is 118 Å². The maximum atomic E-state index is 10.8. The van der Waals surface area contributed by atoms with E-state index < -0.39 is 5.97 Å². The van der Waals surface area contributed by atoms with Crippen molar-refractivity contribution >= 4 is 16.9 Å². The lowest BCUT2D eigenvalue weighted by atomic mass is 10.2. The Balaban J connectivity index is 2.20. The summed E-state index contributed by atoms with van der Waals surface area (Å²) in [5.41, 5.74) is 1.43. The number of carboxylic acid groups (broad SMARTS) is 1. The minimum atomic E-state index is -0.878. The van der Waals surface area contributed by atoms with Crippen LogP contribution in [0.1, 0.15) is 20.3 Å². The van der Waals surface area contributed by atoms with E-state index in [2.05, 4.69) is 6.92 Å². The fourth-order valence-electron chi connectivity index (χ4n) is 1.97. The van der Waals surface area contributed by atoms with E-state index >= 15 is 0 Å². The van der Waals surface area contributed by atoms with E-state index in [1.54, 1.807) is 13.0 Å². The van der Waals surface area contributed by atoms with Crippen molar-refractivity contribution in [1.29, 1.82) is 0 Å². The van der Waals surface area contributed by atoms with Gasteiger partial charge in [-0.3, -0.25) is 0 Å². The molecule has 0 aliphatic carbocycles. The fourth-order valence-corrected chi connectivity index (χ4v) is 1.97. The maximum Gasteiger partial charge on any atom is 0.331 e. The zero-order chi connectivity index (χ0) is 14.5. The van der Waals surface area contributed by atoms with Gasteiger partial charge >= 0.3 is 5.97 Å². The molecule has 0 aliphatic heterocycles. The van der Waals surface area contributed by atoms with Gasteiger partial charge in [-0.2, -0.15) is 0 Å². The van der Waals surface area contributed by atoms with Crippen molar-refractivity contribution in [2.24, 2.45) is 0 Å². The lowest BCUT2D eigenvalue weighted by molar-refractivity contribution is -0.132. The SMILES string of the molecule is CCCOc1ccc2c(ccn2C/C=C(/C)C(=O)O)c1. The van der Waals surface area contributed by atoms with Gasteiger partial charge in [-0.25, -0.2) is 4.79 Å². The zero-order valence-electron chi connectivity index (χ0n) is 11.8. The summed E-state index contributed by atoms with van der Waals surface area (Å²) in [6, 6.07) is 7.97. The molecule has 106 valence electrons. The van der Waals surface area contributed by atoms with E-state index in [1.807, 2.05) is 35.0 Å². The summed E-state index contributed by atoms with van der Waals surface area (Å²) >= 11 is 0. The monoisotopic (exact) mass is 273 g/mol. The number of carboxylic acids is 1. The van der Waals surface area contributed by atoms with Crippen molar-refractivity contribution in [2.75, 3.05) is 6.61 Å². The van der Waals surface area contributed by atoms with Gasteiger partial charge in [0, 0.05) is 29.2 Å². The molecule has 0 unspecified atom stereocenters. The Kier molecular flexibility index (Phi) is 4.45. The molecule has 0 spiro atoms. The number of carbonyl (C=O) groups is 1. The van der Waals surface area contributed by atoms with Crippen LogP contribution in [0.5, 0.6) is 5.75 Å². The van der Waals surface area contributed by atoms with Crippen LogP contribution >= 0.6 is 0 Å². The normalized spacial score (nSPS) is 11.8. The van der Waals surface area contributed by atoms with Gasteiger partial charge in [0.15, 0.2) is 0 Å². The van der Waals surface area contributed by atoms with Crippen LogP contribution in [0.3, 0.4) is 0 Å². The highest BCUT2D eigenvalue weighted by Crippen LogP contribution is 2.22. The minimum Gasteiger partial charge on any atom is -0.494 e. The predicted octanol–water partition coefficient (Wildman–Crippen LogP) is 3.46. The summed E-state index contributed by atoms with van der Waals surface area (Å²) in [6.07, 6.45) is 4.65. The van der Waals surface area contributed by atoms with E-state index in [0.717, 1.165) is 23.1 Å². The Morgan fingerprint density at radius 3 is 2.90 bits per heavy atom. The number of allylic oxidation sites excluding steroid dienone is 1. The van der Waals surface area contributed by atoms with Crippen LogP contribution in [0.25, 0.3) is 10.9 Å². The van der Waals surface area contributed by atoms with Gasteiger partial charge in [-0.1, -0.05) is 13.0 Å². The smallest absolute Gasteiger partial charge is 0.331 e. The predicted molar refractivity (Wildman–Crippen MR) is 79.1 cm³/mol. The molecule has 0 fully saturated rings. The van der Waals surface area contributed by atoms with Crippen LogP contribution in [-0.2, 0) is 11.3 Å². The largest absolute Gasteiger partial charge is 0.494 e. The molecule has 0 aliphatic rings. The highest BCUT2D eigenvalue weighted by atomic mass is 16.5. The second kappa shape index (κ2) is 6.28. The van der Waals surface area contributed by atoms with Gasteiger partial charge < -0.3 is 14.4 Å². The molecule has 1 aromatic heterocycles. The van der Waals surface area contributed by atoms with Gasteiger partial charge in [0.25, 0.3) is 0 Å². The van der Waals surface area contributed by atoms with Crippen LogP contribution in [0.4, 0.5) is 0 Å². The Morgan fingerprint density at radius 1 is 1.40 bits per heavy atom. The Hall–Kier alpha value is -2.23. The third-order valence-corrected chi connectivity index (χ3v) is 3.15. The molecule has 4 heteroatoms. The first-order valence-electron chi connectivity index (χ1n) is 6.73. The van der Waals surface area contributed by atoms with Crippen molar-refractivity contribution in [3.05, 3.63) is 42.1 Å². The first kappa shape index (κ1) is 14.2. The molecule has 1 N–H and O–H groups in total. The first-order chi connectivity index (χ1) is 9.61. The third kappa shape index (κ3) is 3.20. The molecule has 0 bridgehead atoms. The van der Waals surface area contributed by atoms with E-state index in [4.69, 9.17) is 9.84 Å². The second-order valence-corrected chi connectivity index (χ2v) is 4.73. The molecule has 4 nitrogen and oxygen atoms in total. The standard InChI is InChI=1S/C16H19NO3/c1-3-10-20-14-4-5-15-13(11-14)7-9-17(15)8-6-12(2)16(18)19/h4-7,9,11H,3,8,10H2,1-2H3,(H,18,19)/b12-6-. The maximum absolute atomic E-state index is 10.8. The van der Waals surface area contributed by atoms with Gasteiger partial charge in [-0.15, -0.1) is 0 Å². The zero-order valence-corrected chi connectivity index (χ0v) is 11.8. The number of hydrogen-bond acceptors (Lipinski definition) is 2. The van der Waals surface area contributed by atoms with Gasteiger partial charge in [0.05, 0.1) is 6.61 Å². The first-order valence-corrected chi connectivity index (χ1v) is 6.73. The number of rotatable bonds is 6.